The van der Waals surface area contributed by atoms with Crippen LogP contribution in [0.1, 0.15) is 56.7 Å². The summed E-state index contributed by atoms with van der Waals surface area (Å²) in [7, 11) is 0. The lowest BCUT2D eigenvalue weighted by atomic mass is 9.92. The average Bonchev–Trinajstić information content (AvgIpc) is 2.82. The van der Waals surface area contributed by atoms with Crippen LogP contribution >= 0.6 is 0 Å². The van der Waals surface area contributed by atoms with Crippen molar-refractivity contribution in [3.05, 3.63) is 35.4 Å². The second-order valence-electron chi connectivity index (χ2n) is 6.70. The van der Waals surface area contributed by atoms with Gasteiger partial charge in [-0.15, -0.1) is 0 Å². The lowest BCUT2D eigenvalue weighted by Crippen LogP contribution is -2.35. The Balaban J connectivity index is 2.03. The van der Waals surface area contributed by atoms with Crippen molar-refractivity contribution in [3.8, 4) is 0 Å². The summed E-state index contributed by atoms with van der Waals surface area (Å²) in [5, 5.41) is 3.23. The molecule has 0 radical (unpaired) electrons. The Morgan fingerprint density at radius 3 is 2.62 bits per heavy atom. The third-order valence-electron chi connectivity index (χ3n) is 4.67. The Bertz CT molecular complexity index is 484. The van der Waals surface area contributed by atoms with Crippen molar-refractivity contribution >= 4 is 5.91 Å². The van der Waals surface area contributed by atoms with Crippen molar-refractivity contribution in [3.63, 3.8) is 0 Å². The third-order valence-corrected chi connectivity index (χ3v) is 4.67. The molecule has 21 heavy (non-hydrogen) atoms. The maximum absolute atomic E-state index is 12.4. The fourth-order valence-corrected chi connectivity index (χ4v) is 3.33. The Labute approximate surface area is 128 Å². The van der Waals surface area contributed by atoms with E-state index < -0.39 is 0 Å². The van der Waals surface area contributed by atoms with E-state index in [1.54, 1.807) is 0 Å². The predicted octanol–water partition coefficient (Wildman–Crippen LogP) is 3.33. The van der Waals surface area contributed by atoms with Gasteiger partial charge in [-0.2, -0.15) is 0 Å². The van der Waals surface area contributed by atoms with Gasteiger partial charge in [0, 0.05) is 12.5 Å². The highest BCUT2D eigenvalue weighted by molar-refractivity contribution is 5.77. The highest BCUT2D eigenvalue weighted by atomic mass is 16.1. The van der Waals surface area contributed by atoms with Crippen LogP contribution in [0.3, 0.4) is 0 Å². The number of carbonyl (C=O) groups excluding carboxylic acids is 1. The van der Waals surface area contributed by atoms with Crippen molar-refractivity contribution in [2.45, 2.75) is 58.5 Å². The number of carbonyl (C=O) groups is 1. The minimum Gasteiger partial charge on any atom is -0.349 e. The van der Waals surface area contributed by atoms with Gasteiger partial charge in [0.05, 0.1) is 6.04 Å². The van der Waals surface area contributed by atoms with E-state index >= 15 is 0 Å². The molecule has 0 heterocycles. The fraction of sp³-hybridized carbons (Fsp3) is 0.611. The van der Waals surface area contributed by atoms with Crippen molar-refractivity contribution in [1.29, 1.82) is 0 Å². The molecule has 1 aromatic rings. The van der Waals surface area contributed by atoms with Crippen molar-refractivity contribution in [1.82, 2.24) is 5.32 Å². The van der Waals surface area contributed by atoms with E-state index in [1.165, 1.54) is 11.1 Å². The topological polar surface area (TPSA) is 55.1 Å². The molecule has 0 spiro atoms. The molecule has 116 valence electrons. The van der Waals surface area contributed by atoms with E-state index in [0.29, 0.717) is 18.3 Å². The molecule has 0 aromatic heterocycles. The molecule has 0 saturated heterocycles. The first kappa shape index (κ1) is 16.0. The number of hydrogen-bond acceptors (Lipinski definition) is 2. The van der Waals surface area contributed by atoms with E-state index in [0.717, 1.165) is 19.3 Å². The Morgan fingerprint density at radius 2 is 2.05 bits per heavy atom. The monoisotopic (exact) mass is 288 g/mol. The molecule has 3 atom stereocenters. The van der Waals surface area contributed by atoms with E-state index in [4.69, 9.17) is 5.73 Å². The van der Waals surface area contributed by atoms with Gasteiger partial charge in [0.25, 0.3) is 0 Å². The standard InChI is InChI=1S/C18H28N2O/c1-12(2)18(15-9-5-4-7-13(15)3)20-17(21)11-14-8-6-10-16(14)19/h4-5,7,9,12,14,16,18H,6,8,10-11,19H2,1-3H3,(H,20,21)/t14-,16+,18?/m0/s1. The maximum Gasteiger partial charge on any atom is 0.220 e. The van der Waals surface area contributed by atoms with Gasteiger partial charge >= 0.3 is 0 Å². The van der Waals surface area contributed by atoms with Crippen LogP contribution in [0.25, 0.3) is 0 Å². The lowest BCUT2D eigenvalue weighted by molar-refractivity contribution is -0.123. The van der Waals surface area contributed by atoms with Crippen LogP contribution in [0.5, 0.6) is 0 Å². The molecule has 1 amide bonds. The van der Waals surface area contributed by atoms with Gasteiger partial charge in [0.2, 0.25) is 5.91 Å². The molecular weight excluding hydrogens is 260 g/mol. The molecule has 0 aliphatic heterocycles. The quantitative estimate of drug-likeness (QED) is 0.873. The number of aryl methyl sites for hydroxylation is 1. The molecule has 1 saturated carbocycles. The summed E-state index contributed by atoms with van der Waals surface area (Å²) in [4.78, 5) is 12.4. The summed E-state index contributed by atoms with van der Waals surface area (Å²) < 4.78 is 0. The van der Waals surface area contributed by atoms with E-state index in [9.17, 15) is 4.79 Å². The highest BCUT2D eigenvalue weighted by Gasteiger charge is 2.27. The van der Waals surface area contributed by atoms with E-state index in [-0.39, 0.29) is 18.0 Å². The first-order chi connectivity index (χ1) is 9.99. The summed E-state index contributed by atoms with van der Waals surface area (Å²) >= 11 is 0. The molecule has 1 aromatic carbocycles. The van der Waals surface area contributed by atoms with Gasteiger partial charge in [-0.05, 0) is 42.7 Å². The van der Waals surface area contributed by atoms with Gasteiger partial charge in [0.15, 0.2) is 0 Å². The van der Waals surface area contributed by atoms with Crippen LogP contribution < -0.4 is 11.1 Å². The summed E-state index contributed by atoms with van der Waals surface area (Å²) in [6.45, 7) is 6.40. The molecule has 1 aliphatic rings. The second kappa shape index (κ2) is 7.08. The van der Waals surface area contributed by atoms with Gasteiger partial charge in [0.1, 0.15) is 0 Å². The zero-order valence-corrected chi connectivity index (χ0v) is 13.4. The average molecular weight is 288 g/mol. The number of benzene rings is 1. The SMILES string of the molecule is Cc1ccccc1C(NC(=O)C[C@@H]1CCC[C@H]1N)C(C)C. The summed E-state index contributed by atoms with van der Waals surface area (Å²) in [6.07, 6.45) is 3.87. The first-order valence-electron chi connectivity index (χ1n) is 8.09. The molecule has 3 N–H and O–H groups in total. The molecule has 3 nitrogen and oxygen atoms in total. The van der Waals surface area contributed by atoms with Crippen LogP contribution in [-0.4, -0.2) is 11.9 Å². The molecule has 1 aliphatic carbocycles. The summed E-state index contributed by atoms with van der Waals surface area (Å²) in [6, 6.07) is 8.57. The minimum atomic E-state index is 0.0799. The maximum atomic E-state index is 12.4. The molecule has 2 rings (SSSR count). The normalized spacial score (nSPS) is 23.3. The first-order valence-corrected chi connectivity index (χ1v) is 8.09. The van der Waals surface area contributed by atoms with E-state index in [2.05, 4.69) is 38.2 Å². The van der Waals surface area contributed by atoms with Crippen molar-refractivity contribution in [2.75, 3.05) is 0 Å². The van der Waals surface area contributed by atoms with Gasteiger partial charge in [-0.1, -0.05) is 44.5 Å². The van der Waals surface area contributed by atoms with Crippen molar-refractivity contribution < 1.29 is 4.79 Å². The Morgan fingerprint density at radius 1 is 1.33 bits per heavy atom. The molecule has 3 heteroatoms. The van der Waals surface area contributed by atoms with Gasteiger partial charge in [-0.25, -0.2) is 0 Å². The number of rotatable bonds is 5. The zero-order valence-electron chi connectivity index (χ0n) is 13.4. The van der Waals surface area contributed by atoms with Crippen LogP contribution in [0, 0.1) is 18.8 Å². The second-order valence-corrected chi connectivity index (χ2v) is 6.70. The Hall–Kier alpha value is -1.35. The fourth-order valence-electron chi connectivity index (χ4n) is 3.33. The number of nitrogens with two attached hydrogens (primary N) is 1. The molecule has 1 fully saturated rings. The smallest absolute Gasteiger partial charge is 0.220 e. The largest absolute Gasteiger partial charge is 0.349 e. The van der Waals surface area contributed by atoms with Crippen molar-refractivity contribution in [2.24, 2.45) is 17.6 Å². The van der Waals surface area contributed by atoms with E-state index in [1.807, 2.05) is 12.1 Å². The number of amides is 1. The molecule has 1 unspecified atom stereocenters. The van der Waals surface area contributed by atoms with Crippen LogP contribution in [-0.2, 0) is 4.79 Å². The Kier molecular flexibility index (Phi) is 5.40. The van der Waals surface area contributed by atoms with Gasteiger partial charge in [-0.3, -0.25) is 4.79 Å². The summed E-state index contributed by atoms with van der Waals surface area (Å²) in [5.74, 6) is 0.862. The zero-order chi connectivity index (χ0) is 15.4. The number of nitrogens with one attached hydrogen (secondary N) is 1. The van der Waals surface area contributed by atoms with Crippen LogP contribution in [0.2, 0.25) is 0 Å². The van der Waals surface area contributed by atoms with Crippen LogP contribution in [0.15, 0.2) is 24.3 Å². The molecular formula is C18H28N2O. The van der Waals surface area contributed by atoms with Gasteiger partial charge < -0.3 is 11.1 Å². The predicted molar refractivity (Wildman–Crippen MR) is 86.8 cm³/mol. The highest BCUT2D eigenvalue weighted by Crippen LogP contribution is 2.28. The molecule has 0 bridgehead atoms. The van der Waals surface area contributed by atoms with Crippen LogP contribution in [0.4, 0.5) is 0 Å². The third kappa shape index (κ3) is 4.07. The minimum absolute atomic E-state index is 0.0799. The summed E-state index contributed by atoms with van der Waals surface area (Å²) in [5.41, 5.74) is 8.52. The number of hydrogen-bond donors (Lipinski definition) is 2. The lowest BCUT2D eigenvalue weighted by Gasteiger charge is -2.25.